The van der Waals surface area contributed by atoms with E-state index >= 15 is 0 Å². The molecule has 1 saturated carbocycles. The first-order chi connectivity index (χ1) is 11.5. The van der Waals surface area contributed by atoms with Gasteiger partial charge in [0.05, 0.1) is 5.41 Å². The second kappa shape index (κ2) is 8.95. The zero-order valence-electron chi connectivity index (χ0n) is 16.0. The van der Waals surface area contributed by atoms with Gasteiger partial charge in [0, 0.05) is 13.3 Å². The molecule has 0 atom stereocenters. The number of esters is 2. The number of halogens is 2. The summed E-state index contributed by atoms with van der Waals surface area (Å²) in [6.07, 6.45) is 6.47. The lowest BCUT2D eigenvalue weighted by Gasteiger charge is -2.39. The molecule has 0 unspecified atom stereocenters. The van der Waals surface area contributed by atoms with Crippen LogP contribution in [0.5, 0.6) is 0 Å². The molecule has 1 rings (SSSR count). The summed E-state index contributed by atoms with van der Waals surface area (Å²) in [6, 6.07) is 0. The molecule has 0 amide bonds. The first kappa shape index (κ1) is 21.8. The highest BCUT2D eigenvalue weighted by Gasteiger charge is 2.39. The average molecular weight is 362 g/mol. The quantitative estimate of drug-likeness (QED) is 0.539. The summed E-state index contributed by atoms with van der Waals surface area (Å²) in [5.41, 5.74) is -1.06. The molecule has 0 aromatic rings. The largest absolute Gasteiger partial charge is 0.459 e. The van der Waals surface area contributed by atoms with Crippen molar-refractivity contribution in [2.75, 3.05) is 6.61 Å². The Kier molecular flexibility index (Phi) is 7.82. The van der Waals surface area contributed by atoms with Crippen molar-refractivity contribution in [3.63, 3.8) is 0 Å². The van der Waals surface area contributed by atoms with Gasteiger partial charge in [0.25, 0.3) is 5.92 Å². The summed E-state index contributed by atoms with van der Waals surface area (Å²) in [6.45, 7) is 5.51. The van der Waals surface area contributed by atoms with E-state index in [0.29, 0.717) is 26.2 Å². The van der Waals surface area contributed by atoms with E-state index in [2.05, 4.69) is 4.74 Å². The fourth-order valence-electron chi connectivity index (χ4n) is 2.91. The highest BCUT2D eigenvalue weighted by Crippen LogP contribution is 2.38. The van der Waals surface area contributed by atoms with E-state index in [0.717, 1.165) is 32.1 Å². The number of carbonyl (C=O) groups is 2. The minimum Gasteiger partial charge on any atom is -0.459 e. The molecular formula is C19H32F2O4. The minimum atomic E-state index is -3.01. The molecule has 0 aliphatic heterocycles. The molecule has 4 nitrogen and oxygen atoms in total. The Morgan fingerprint density at radius 2 is 1.68 bits per heavy atom. The van der Waals surface area contributed by atoms with Crippen LogP contribution in [0.2, 0.25) is 0 Å². The van der Waals surface area contributed by atoms with E-state index in [4.69, 9.17) is 4.74 Å². The van der Waals surface area contributed by atoms with Crippen LogP contribution in [0.1, 0.15) is 85.5 Å². The van der Waals surface area contributed by atoms with Gasteiger partial charge in [-0.05, 0) is 58.8 Å². The molecule has 0 spiro atoms. The maximum Gasteiger partial charge on any atom is 0.312 e. The number of hydrogen-bond acceptors (Lipinski definition) is 4. The maximum absolute atomic E-state index is 12.7. The van der Waals surface area contributed by atoms with Gasteiger partial charge in [-0.15, -0.1) is 0 Å². The molecule has 0 heterocycles. The van der Waals surface area contributed by atoms with Crippen LogP contribution in [-0.2, 0) is 19.1 Å². The van der Waals surface area contributed by atoms with E-state index < -0.39 is 29.5 Å². The minimum absolute atomic E-state index is 0.0621. The van der Waals surface area contributed by atoms with Gasteiger partial charge >= 0.3 is 11.9 Å². The van der Waals surface area contributed by atoms with Gasteiger partial charge in [0.15, 0.2) is 6.61 Å². The lowest BCUT2D eigenvalue weighted by Crippen LogP contribution is -2.41. The molecule has 0 aromatic carbocycles. The number of ether oxygens (including phenoxy) is 2. The van der Waals surface area contributed by atoms with Crippen LogP contribution in [0.15, 0.2) is 0 Å². The van der Waals surface area contributed by atoms with E-state index in [-0.39, 0.29) is 12.4 Å². The van der Waals surface area contributed by atoms with Gasteiger partial charge in [0.2, 0.25) is 0 Å². The van der Waals surface area contributed by atoms with Gasteiger partial charge < -0.3 is 9.47 Å². The lowest BCUT2D eigenvalue weighted by atomic mass is 9.80. The number of carbonyl (C=O) groups excluding carboxylic acids is 2. The van der Waals surface area contributed by atoms with Crippen molar-refractivity contribution in [2.24, 2.45) is 5.41 Å². The number of alkyl halides is 2. The second-order valence-electron chi connectivity index (χ2n) is 7.96. The Labute approximate surface area is 149 Å². The van der Waals surface area contributed by atoms with Crippen molar-refractivity contribution in [3.05, 3.63) is 0 Å². The van der Waals surface area contributed by atoms with E-state index in [1.54, 1.807) is 0 Å². The Balaban J connectivity index is 2.56. The number of hydrogen-bond donors (Lipinski definition) is 0. The molecule has 0 saturated heterocycles. The third-order valence-corrected chi connectivity index (χ3v) is 5.01. The number of rotatable bonds is 9. The van der Waals surface area contributed by atoms with Crippen molar-refractivity contribution in [1.82, 2.24) is 0 Å². The molecule has 6 heteroatoms. The van der Waals surface area contributed by atoms with Gasteiger partial charge in [-0.1, -0.05) is 13.3 Å². The van der Waals surface area contributed by atoms with Gasteiger partial charge in [-0.2, -0.15) is 0 Å². The SMILES string of the molecule is CCC(C)(C)C(=O)OC1(CCCC(=O)OCC(C)(F)F)CCCCC1. The normalized spacial score (nSPS) is 17.8. The summed E-state index contributed by atoms with van der Waals surface area (Å²) in [5, 5.41) is 0. The summed E-state index contributed by atoms with van der Waals surface area (Å²) in [7, 11) is 0. The zero-order valence-corrected chi connectivity index (χ0v) is 16.0. The standard InChI is InChI=1S/C19H32F2O4/c1-5-17(2,3)16(23)25-19(11-7-6-8-12-19)13-9-10-15(22)24-14-18(4,20)21/h5-14H2,1-4H3. The molecule has 146 valence electrons. The predicted octanol–water partition coefficient (Wildman–Crippen LogP) is 5.04. The van der Waals surface area contributed by atoms with Gasteiger partial charge in [-0.3, -0.25) is 9.59 Å². The zero-order chi connectivity index (χ0) is 19.1. The highest BCUT2D eigenvalue weighted by molar-refractivity contribution is 5.76. The van der Waals surface area contributed by atoms with E-state index in [1.807, 2.05) is 20.8 Å². The van der Waals surface area contributed by atoms with Gasteiger partial charge in [-0.25, -0.2) is 8.78 Å². The van der Waals surface area contributed by atoms with Crippen molar-refractivity contribution < 1.29 is 27.8 Å². The van der Waals surface area contributed by atoms with E-state index in [9.17, 15) is 18.4 Å². The molecule has 1 aliphatic rings. The maximum atomic E-state index is 12.7. The van der Waals surface area contributed by atoms with Gasteiger partial charge in [0.1, 0.15) is 5.60 Å². The van der Waals surface area contributed by atoms with Crippen LogP contribution in [0, 0.1) is 5.41 Å². The van der Waals surface area contributed by atoms with Crippen LogP contribution >= 0.6 is 0 Å². The van der Waals surface area contributed by atoms with E-state index in [1.165, 1.54) is 0 Å². The molecule has 0 bridgehead atoms. The summed E-state index contributed by atoms with van der Waals surface area (Å²) < 4.78 is 35.9. The van der Waals surface area contributed by atoms with Crippen LogP contribution in [0.4, 0.5) is 8.78 Å². The van der Waals surface area contributed by atoms with Crippen molar-refractivity contribution in [2.45, 2.75) is 97.0 Å². The average Bonchev–Trinajstić information content (AvgIpc) is 2.53. The molecule has 25 heavy (non-hydrogen) atoms. The molecule has 0 aromatic heterocycles. The van der Waals surface area contributed by atoms with Crippen LogP contribution in [-0.4, -0.2) is 30.1 Å². The summed E-state index contributed by atoms with van der Waals surface area (Å²) in [5.74, 6) is -3.85. The Hall–Kier alpha value is -1.20. The van der Waals surface area contributed by atoms with Crippen LogP contribution in [0.3, 0.4) is 0 Å². The molecule has 1 fully saturated rings. The molecular weight excluding hydrogens is 330 g/mol. The summed E-state index contributed by atoms with van der Waals surface area (Å²) >= 11 is 0. The Bertz CT molecular complexity index is 449. The third-order valence-electron chi connectivity index (χ3n) is 5.01. The second-order valence-corrected chi connectivity index (χ2v) is 7.96. The molecule has 0 radical (unpaired) electrons. The fourth-order valence-corrected chi connectivity index (χ4v) is 2.91. The third kappa shape index (κ3) is 7.70. The first-order valence-electron chi connectivity index (χ1n) is 9.27. The van der Waals surface area contributed by atoms with Crippen molar-refractivity contribution in [1.29, 1.82) is 0 Å². The smallest absolute Gasteiger partial charge is 0.312 e. The fraction of sp³-hybridized carbons (Fsp3) is 0.895. The first-order valence-corrected chi connectivity index (χ1v) is 9.27. The van der Waals surface area contributed by atoms with Crippen LogP contribution in [0.25, 0.3) is 0 Å². The topological polar surface area (TPSA) is 52.6 Å². The van der Waals surface area contributed by atoms with Crippen molar-refractivity contribution >= 4 is 11.9 Å². The summed E-state index contributed by atoms with van der Waals surface area (Å²) in [4.78, 5) is 24.1. The highest BCUT2D eigenvalue weighted by atomic mass is 19.3. The van der Waals surface area contributed by atoms with Crippen LogP contribution < -0.4 is 0 Å². The molecule has 1 aliphatic carbocycles. The Morgan fingerprint density at radius 3 is 2.20 bits per heavy atom. The monoisotopic (exact) mass is 362 g/mol. The lowest BCUT2D eigenvalue weighted by molar-refractivity contribution is -0.175. The Morgan fingerprint density at radius 1 is 1.08 bits per heavy atom. The van der Waals surface area contributed by atoms with Crippen molar-refractivity contribution in [3.8, 4) is 0 Å². The molecule has 0 N–H and O–H groups in total. The predicted molar refractivity (Wildman–Crippen MR) is 91.4 cm³/mol.